The second-order valence-corrected chi connectivity index (χ2v) is 10.8. The molecule has 0 bridgehead atoms. The second kappa shape index (κ2) is 8.57. The Bertz CT molecular complexity index is 1300. The van der Waals surface area contributed by atoms with Crippen LogP contribution in [-0.2, 0) is 17.1 Å². The largest absolute Gasteiger partial charge is 0.322 e. The molecule has 1 saturated heterocycles. The van der Waals surface area contributed by atoms with Crippen molar-refractivity contribution in [1.82, 2.24) is 8.87 Å². The number of nitrogens with one attached hydrogen (secondary N) is 1. The SMILES string of the molecule is Cc1ccc(S(=O)(=O)N2CCCCCC2)cc1C(=O)Nc1ccc2c(c1)sc(=O)n2C. The lowest BCUT2D eigenvalue weighted by molar-refractivity contribution is 0.102. The van der Waals surface area contributed by atoms with Crippen molar-refractivity contribution in [2.24, 2.45) is 7.05 Å². The van der Waals surface area contributed by atoms with E-state index in [4.69, 9.17) is 0 Å². The average molecular weight is 460 g/mol. The van der Waals surface area contributed by atoms with E-state index >= 15 is 0 Å². The first kappa shape index (κ1) is 21.7. The van der Waals surface area contributed by atoms with Crippen LogP contribution in [-0.4, -0.2) is 36.3 Å². The minimum Gasteiger partial charge on any atom is -0.322 e. The van der Waals surface area contributed by atoms with E-state index in [1.165, 1.54) is 10.4 Å². The molecule has 9 heteroatoms. The molecule has 2 aromatic carbocycles. The van der Waals surface area contributed by atoms with Crippen molar-refractivity contribution >= 4 is 43.2 Å². The van der Waals surface area contributed by atoms with Crippen LogP contribution < -0.4 is 10.2 Å². The molecule has 1 aliphatic heterocycles. The smallest absolute Gasteiger partial charge is 0.307 e. The number of sulfonamides is 1. The predicted octanol–water partition coefficient (Wildman–Crippen LogP) is 3.73. The molecule has 164 valence electrons. The highest BCUT2D eigenvalue weighted by atomic mass is 32.2. The Balaban J connectivity index is 1.62. The third-order valence-corrected chi connectivity index (χ3v) is 8.60. The first-order valence-corrected chi connectivity index (χ1v) is 12.5. The van der Waals surface area contributed by atoms with E-state index in [1.807, 2.05) is 0 Å². The van der Waals surface area contributed by atoms with Crippen LogP contribution >= 0.6 is 11.3 Å². The summed E-state index contributed by atoms with van der Waals surface area (Å²) >= 11 is 1.11. The lowest BCUT2D eigenvalue weighted by Crippen LogP contribution is -2.32. The summed E-state index contributed by atoms with van der Waals surface area (Å²) in [6, 6.07) is 9.98. The normalized spacial score (nSPS) is 15.7. The van der Waals surface area contributed by atoms with Gasteiger partial charge in [-0.3, -0.25) is 9.59 Å². The molecule has 2 heterocycles. The second-order valence-electron chi connectivity index (χ2n) is 7.86. The number of anilines is 1. The molecule has 0 aliphatic carbocycles. The van der Waals surface area contributed by atoms with E-state index in [9.17, 15) is 18.0 Å². The molecule has 0 radical (unpaired) electrons. The van der Waals surface area contributed by atoms with Gasteiger partial charge in [-0.15, -0.1) is 0 Å². The third-order valence-electron chi connectivity index (χ3n) is 5.71. The number of carbonyl (C=O) groups excluding carboxylic acids is 1. The molecule has 3 aromatic rings. The van der Waals surface area contributed by atoms with Crippen LogP contribution in [0.2, 0.25) is 0 Å². The van der Waals surface area contributed by atoms with Crippen LogP contribution in [0.3, 0.4) is 0 Å². The topological polar surface area (TPSA) is 88.5 Å². The quantitative estimate of drug-likeness (QED) is 0.644. The molecule has 7 nitrogen and oxygen atoms in total. The molecule has 4 rings (SSSR count). The standard InChI is InChI=1S/C22H25N3O4S2/c1-15-7-9-17(31(28,29)25-11-5-3-4-6-12-25)14-18(15)21(26)23-16-8-10-19-20(13-16)30-22(27)24(19)2/h7-10,13-14H,3-6,11-12H2,1-2H3,(H,23,26). The number of thiazole rings is 1. The van der Waals surface area contributed by atoms with Crippen LogP contribution in [0.1, 0.15) is 41.6 Å². The summed E-state index contributed by atoms with van der Waals surface area (Å²) in [6.45, 7) is 2.80. The van der Waals surface area contributed by atoms with Gasteiger partial charge in [-0.05, 0) is 55.7 Å². The Hall–Kier alpha value is -2.49. The maximum absolute atomic E-state index is 13.1. The van der Waals surface area contributed by atoms with Crippen LogP contribution in [0.5, 0.6) is 0 Å². The van der Waals surface area contributed by atoms with Gasteiger partial charge in [0.15, 0.2) is 0 Å². The Morgan fingerprint density at radius 1 is 1.03 bits per heavy atom. The summed E-state index contributed by atoms with van der Waals surface area (Å²) in [6.07, 6.45) is 3.78. The molecule has 1 aliphatic rings. The lowest BCUT2D eigenvalue weighted by Gasteiger charge is -2.20. The molecule has 0 spiro atoms. The fourth-order valence-electron chi connectivity index (χ4n) is 3.85. The average Bonchev–Trinajstić information content (AvgIpc) is 2.93. The van der Waals surface area contributed by atoms with Crippen molar-refractivity contribution in [3.8, 4) is 0 Å². The van der Waals surface area contributed by atoms with Gasteiger partial charge in [-0.25, -0.2) is 8.42 Å². The van der Waals surface area contributed by atoms with Crippen molar-refractivity contribution < 1.29 is 13.2 Å². The number of aryl methyl sites for hydroxylation is 2. The highest BCUT2D eigenvalue weighted by Crippen LogP contribution is 2.25. The van der Waals surface area contributed by atoms with Crippen molar-refractivity contribution in [3.05, 3.63) is 57.2 Å². The van der Waals surface area contributed by atoms with E-state index in [0.717, 1.165) is 47.2 Å². The summed E-state index contributed by atoms with van der Waals surface area (Å²) in [5.74, 6) is -0.381. The van der Waals surface area contributed by atoms with E-state index in [0.29, 0.717) is 29.9 Å². The minimum atomic E-state index is -3.64. The van der Waals surface area contributed by atoms with Crippen LogP contribution in [0.4, 0.5) is 5.69 Å². The van der Waals surface area contributed by atoms with Gasteiger partial charge in [-0.1, -0.05) is 30.2 Å². The highest BCUT2D eigenvalue weighted by molar-refractivity contribution is 7.89. The molecule has 31 heavy (non-hydrogen) atoms. The summed E-state index contributed by atoms with van der Waals surface area (Å²) in [4.78, 5) is 24.9. The number of benzene rings is 2. The first-order valence-electron chi connectivity index (χ1n) is 10.3. The number of rotatable bonds is 4. The van der Waals surface area contributed by atoms with Gasteiger partial charge in [-0.2, -0.15) is 4.31 Å². The van der Waals surface area contributed by atoms with Crippen LogP contribution in [0.15, 0.2) is 46.1 Å². The Morgan fingerprint density at radius 2 is 1.74 bits per heavy atom. The van der Waals surface area contributed by atoms with Crippen LogP contribution in [0.25, 0.3) is 10.2 Å². The van der Waals surface area contributed by atoms with Gasteiger partial charge in [0, 0.05) is 31.4 Å². The summed E-state index contributed by atoms with van der Waals surface area (Å²) in [5.41, 5.74) is 2.37. The summed E-state index contributed by atoms with van der Waals surface area (Å²) in [7, 11) is -1.94. The molecule has 1 N–H and O–H groups in total. The van der Waals surface area contributed by atoms with Gasteiger partial charge < -0.3 is 9.88 Å². The van der Waals surface area contributed by atoms with Gasteiger partial charge >= 0.3 is 4.87 Å². The Labute approximate surface area is 185 Å². The Kier molecular flexibility index (Phi) is 6.00. The zero-order chi connectivity index (χ0) is 22.2. The summed E-state index contributed by atoms with van der Waals surface area (Å²) in [5, 5.41) is 2.84. The number of fused-ring (bicyclic) bond motifs is 1. The molecule has 0 unspecified atom stereocenters. The molecule has 1 amide bonds. The monoisotopic (exact) mass is 459 g/mol. The van der Waals surface area contributed by atoms with Gasteiger partial charge in [0.2, 0.25) is 10.0 Å². The number of hydrogen-bond acceptors (Lipinski definition) is 5. The fourth-order valence-corrected chi connectivity index (χ4v) is 6.31. The highest BCUT2D eigenvalue weighted by Gasteiger charge is 2.26. The maximum Gasteiger partial charge on any atom is 0.307 e. The van der Waals surface area contributed by atoms with Crippen molar-refractivity contribution in [2.75, 3.05) is 18.4 Å². The van der Waals surface area contributed by atoms with E-state index in [-0.39, 0.29) is 15.7 Å². The first-order chi connectivity index (χ1) is 14.8. The number of amides is 1. The van der Waals surface area contributed by atoms with Crippen molar-refractivity contribution in [1.29, 1.82) is 0 Å². The molecular weight excluding hydrogens is 434 g/mol. The van der Waals surface area contributed by atoms with Gasteiger partial charge in [0.25, 0.3) is 5.91 Å². The van der Waals surface area contributed by atoms with E-state index in [1.54, 1.807) is 48.9 Å². The zero-order valence-electron chi connectivity index (χ0n) is 17.6. The number of hydrogen-bond donors (Lipinski definition) is 1. The number of aromatic nitrogens is 1. The summed E-state index contributed by atoms with van der Waals surface area (Å²) < 4.78 is 30.1. The van der Waals surface area contributed by atoms with Crippen LogP contribution in [0, 0.1) is 6.92 Å². The molecule has 0 saturated carbocycles. The van der Waals surface area contributed by atoms with E-state index < -0.39 is 10.0 Å². The van der Waals surface area contributed by atoms with E-state index in [2.05, 4.69) is 5.32 Å². The molecule has 1 fully saturated rings. The zero-order valence-corrected chi connectivity index (χ0v) is 19.2. The third kappa shape index (κ3) is 4.30. The lowest BCUT2D eigenvalue weighted by atomic mass is 10.1. The Morgan fingerprint density at radius 3 is 2.45 bits per heavy atom. The fraction of sp³-hybridized carbons (Fsp3) is 0.364. The van der Waals surface area contributed by atoms with Gasteiger partial charge in [0.05, 0.1) is 15.1 Å². The van der Waals surface area contributed by atoms with Crippen molar-refractivity contribution in [3.63, 3.8) is 0 Å². The predicted molar refractivity (Wildman–Crippen MR) is 123 cm³/mol. The van der Waals surface area contributed by atoms with Crippen molar-refractivity contribution in [2.45, 2.75) is 37.5 Å². The minimum absolute atomic E-state index is 0.0688. The van der Waals surface area contributed by atoms with Gasteiger partial charge in [0.1, 0.15) is 0 Å². The molecular formula is C22H25N3O4S2. The molecule has 0 atom stereocenters. The maximum atomic E-state index is 13.1. The number of nitrogens with zero attached hydrogens (tertiary/aromatic N) is 2. The molecule has 1 aromatic heterocycles. The number of carbonyl (C=O) groups is 1.